The van der Waals surface area contributed by atoms with E-state index in [1.165, 1.54) is 6.21 Å². The van der Waals surface area contributed by atoms with E-state index in [9.17, 15) is 14.4 Å². The van der Waals surface area contributed by atoms with E-state index >= 15 is 0 Å². The number of rotatable bonds is 6. The monoisotopic (exact) mass is 432 g/mol. The number of carbonyl (C=O) groups excluding carboxylic acids is 3. The summed E-state index contributed by atoms with van der Waals surface area (Å²) in [4.78, 5) is 38.0. The number of benzene rings is 2. The van der Waals surface area contributed by atoms with Crippen molar-refractivity contribution in [3.8, 4) is 5.75 Å². The number of hydrogen-bond donors (Lipinski definition) is 0. The lowest BCUT2D eigenvalue weighted by atomic mass is 9.85. The van der Waals surface area contributed by atoms with E-state index in [0.29, 0.717) is 11.3 Å². The van der Waals surface area contributed by atoms with Crippen LogP contribution in [0.5, 0.6) is 5.75 Å². The molecule has 0 radical (unpaired) electrons. The van der Waals surface area contributed by atoms with Crippen molar-refractivity contribution < 1.29 is 23.9 Å². The van der Waals surface area contributed by atoms with Gasteiger partial charge in [-0.25, -0.2) is 4.79 Å². The smallest absolute Gasteiger partial charge is 0.347 e. The summed E-state index contributed by atoms with van der Waals surface area (Å²) in [6.07, 6.45) is 5.65. The summed E-state index contributed by atoms with van der Waals surface area (Å²) in [5, 5.41) is 7.12. The van der Waals surface area contributed by atoms with Crippen LogP contribution >= 0.6 is 0 Å². The van der Waals surface area contributed by atoms with Gasteiger partial charge in [-0.1, -0.05) is 42.5 Å². The molecular weight excluding hydrogens is 408 g/mol. The van der Waals surface area contributed by atoms with Crippen molar-refractivity contribution in [1.82, 2.24) is 5.01 Å². The molecule has 0 N–H and O–H groups in total. The average molecular weight is 432 g/mol. The van der Waals surface area contributed by atoms with Crippen LogP contribution in [0.15, 0.2) is 53.7 Å². The number of amides is 2. The van der Waals surface area contributed by atoms with Gasteiger partial charge in [0.15, 0.2) is 6.10 Å². The van der Waals surface area contributed by atoms with E-state index in [2.05, 4.69) is 17.3 Å². The third kappa shape index (κ3) is 3.20. The number of hydrogen-bond acceptors (Lipinski definition) is 6. The summed E-state index contributed by atoms with van der Waals surface area (Å²) < 4.78 is 10.9. The molecule has 3 aliphatic rings. The molecule has 2 aromatic rings. The molecule has 1 heterocycles. The molecule has 5 rings (SSSR count). The van der Waals surface area contributed by atoms with Crippen molar-refractivity contribution in [2.45, 2.75) is 26.4 Å². The fourth-order valence-electron chi connectivity index (χ4n) is 5.13. The molecule has 7 nitrogen and oxygen atoms in total. The first-order valence-electron chi connectivity index (χ1n) is 10.9. The predicted molar refractivity (Wildman–Crippen MR) is 118 cm³/mol. The maximum Gasteiger partial charge on any atom is 0.347 e. The van der Waals surface area contributed by atoms with E-state index in [0.717, 1.165) is 22.2 Å². The number of allylic oxidation sites excluding steroid dienone is 2. The number of esters is 1. The van der Waals surface area contributed by atoms with Gasteiger partial charge in [0.2, 0.25) is 0 Å². The SMILES string of the molecule is CCOC(=O)[C@@H](C)Oc1ccc2ccccc2c1C=NN1C(=O)[C@@H]2[C@H](C1=O)[C@H]1C=C[C@H]2C1. The highest BCUT2D eigenvalue weighted by Gasteiger charge is 2.59. The minimum atomic E-state index is -0.820. The number of carbonyl (C=O) groups is 3. The lowest BCUT2D eigenvalue weighted by Gasteiger charge is -2.17. The Morgan fingerprint density at radius 2 is 1.81 bits per heavy atom. The van der Waals surface area contributed by atoms with Crippen molar-refractivity contribution in [3.05, 3.63) is 54.1 Å². The van der Waals surface area contributed by atoms with Crippen LogP contribution in [0.1, 0.15) is 25.8 Å². The Morgan fingerprint density at radius 3 is 2.50 bits per heavy atom. The van der Waals surface area contributed by atoms with Crippen molar-refractivity contribution in [2.24, 2.45) is 28.8 Å². The zero-order valence-electron chi connectivity index (χ0n) is 17.9. The van der Waals surface area contributed by atoms with Gasteiger partial charge in [-0.2, -0.15) is 10.1 Å². The summed E-state index contributed by atoms with van der Waals surface area (Å²) >= 11 is 0. The lowest BCUT2D eigenvalue weighted by molar-refractivity contribution is -0.150. The number of nitrogens with zero attached hydrogens (tertiary/aromatic N) is 2. The van der Waals surface area contributed by atoms with Crippen LogP contribution in [0.25, 0.3) is 10.8 Å². The Kier molecular flexibility index (Phi) is 5.04. The van der Waals surface area contributed by atoms with Gasteiger partial charge < -0.3 is 9.47 Å². The molecule has 2 fully saturated rings. The van der Waals surface area contributed by atoms with E-state index in [1.54, 1.807) is 19.9 Å². The van der Waals surface area contributed by atoms with Crippen molar-refractivity contribution >= 4 is 34.8 Å². The van der Waals surface area contributed by atoms with Gasteiger partial charge in [-0.05, 0) is 48.9 Å². The lowest BCUT2D eigenvalue weighted by Crippen LogP contribution is -2.28. The first-order valence-corrected chi connectivity index (χ1v) is 10.9. The van der Waals surface area contributed by atoms with E-state index in [-0.39, 0.29) is 42.1 Å². The molecule has 0 unspecified atom stereocenters. The quantitative estimate of drug-likeness (QED) is 0.303. The van der Waals surface area contributed by atoms with Gasteiger partial charge in [0.05, 0.1) is 24.7 Å². The number of fused-ring (bicyclic) bond motifs is 6. The summed E-state index contributed by atoms with van der Waals surface area (Å²) in [5.41, 5.74) is 0.595. The van der Waals surface area contributed by atoms with Gasteiger partial charge in [-0.3, -0.25) is 9.59 Å². The first-order chi connectivity index (χ1) is 15.5. The molecule has 2 bridgehead atoms. The van der Waals surface area contributed by atoms with Crippen LogP contribution in [0, 0.1) is 23.7 Å². The topological polar surface area (TPSA) is 85.3 Å². The van der Waals surface area contributed by atoms with Crippen molar-refractivity contribution in [3.63, 3.8) is 0 Å². The molecule has 2 aliphatic carbocycles. The van der Waals surface area contributed by atoms with E-state index in [1.807, 2.05) is 30.3 Å². The molecule has 5 atom stereocenters. The minimum absolute atomic E-state index is 0.128. The zero-order valence-corrected chi connectivity index (χ0v) is 17.9. The molecular formula is C25H24N2O5. The van der Waals surface area contributed by atoms with Gasteiger partial charge in [0, 0.05) is 5.56 Å². The van der Waals surface area contributed by atoms with Crippen LogP contribution in [0.3, 0.4) is 0 Å². The maximum atomic E-state index is 13.0. The van der Waals surface area contributed by atoms with Crippen molar-refractivity contribution in [2.75, 3.05) is 6.61 Å². The predicted octanol–water partition coefficient (Wildman–Crippen LogP) is 3.31. The average Bonchev–Trinajstić information content (AvgIpc) is 3.47. The molecule has 0 aromatic heterocycles. The third-order valence-electron chi connectivity index (χ3n) is 6.60. The second kappa shape index (κ2) is 7.89. The fraction of sp³-hybridized carbons (Fsp3) is 0.360. The summed E-state index contributed by atoms with van der Waals surface area (Å²) in [6, 6.07) is 11.3. The van der Waals surface area contributed by atoms with Gasteiger partial charge in [0.1, 0.15) is 5.75 Å². The largest absolute Gasteiger partial charge is 0.478 e. The normalized spacial score (nSPS) is 26.9. The Hall–Kier alpha value is -3.48. The van der Waals surface area contributed by atoms with Gasteiger partial charge >= 0.3 is 5.97 Å². The van der Waals surface area contributed by atoms with E-state index < -0.39 is 12.1 Å². The van der Waals surface area contributed by atoms with Crippen molar-refractivity contribution in [1.29, 1.82) is 0 Å². The second-order valence-electron chi connectivity index (χ2n) is 8.44. The van der Waals surface area contributed by atoms with Crippen LogP contribution in [-0.2, 0) is 19.1 Å². The highest BCUT2D eigenvalue weighted by molar-refractivity contribution is 6.08. The van der Waals surface area contributed by atoms with Crippen LogP contribution in [0.4, 0.5) is 0 Å². The standard InChI is InChI=1S/C25H24N2O5/c1-3-31-25(30)14(2)32-20-11-10-15-6-4-5-7-18(15)19(20)13-26-27-23(28)21-16-8-9-17(12-16)22(21)24(27)29/h4-11,13-14,16-17,21-22H,3,12H2,1-2H3/t14-,16+,17+,21-,22+/m1/s1. The molecule has 2 aromatic carbocycles. The molecule has 1 saturated carbocycles. The molecule has 1 saturated heterocycles. The summed E-state index contributed by atoms with van der Waals surface area (Å²) in [6.45, 7) is 3.61. The number of hydrazone groups is 1. The van der Waals surface area contributed by atoms with Crippen LogP contribution < -0.4 is 4.74 Å². The van der Waals surface area contributed by atoms with Crippen LogP contribution in [0.2, 0.25) is 0 Å². The van der Waals surface area contributed by atoms with Gasteiger partial charge in [0.25, 0.3) is 11.8 Å². The summed E-state index contributed by atoms with van der Waals surface area (Å²) in [7, 11) is 0. The fourth-order valence-corrected chi connectivity index (χ4v) is 5.13. The van der Waals surface area contributed by atoms with Gasteiger partial charge in [-0.15, -0.1) is 0 Å². The second-order valence-corrected chi connectivity index (χ2v) is 8.44. The Labute approximate surface area is 185 Å². The first kappa shape index (κ1) is 20.4. The number of ether oxygens (including phenoxy) is 2. The number of imide groups is 1. The maximum absolute atomic E-state index is 13.0. The molecule has 164 valence electrons. The third-order valence-corrected chi connectivity index (χ3v) is 6.60. The highest BCUT2D eigenvalue weighted by Crippen LogP contribution is 2.52. The molecule has 2 amide bonds. The molecule has 7 heteroatoms. The minimum Gasteiger partial charge on any atom is -0.478 e. The summed E-state index contributed by atoms with van der Waals surface area (Å²) in [5.74, 6) is -0.875. The zero-order chi connectivity index (χ0) is 22.4. The molecule has 32 heavy (non-hydrogen) atoms. The van der Waals surface area contributed by atoms with Crippen LogP contribution in [-0.4, -0.2) is 41.7 Å². The highest BCUT2D eigenvalue weighted by atomic mass is 16.6. The Bertz CT molecular complexity index is 1140. The van der Waals surface area contributed by atoms with E-state index in [4.69, 9.17) is 9.47 Å². The Balaban J connectivity index is 1.48. The Morgan fingerprint density at radius 1 is 1.12 bits per heavy atom. The molecule has 0 spiro atoms. The molecule has 1 aliphatic heterocycles.